The Morgan fingerprint density at radius 1 is 1.25 bits per heavy atom. The van der Waals surface area contributed by atoms with E-state index in [-0.39, 0.29) is 18.4 Å². The minimum atomic E-state index is -0.624. The maximum absolute atomic E-state index is 13.0. The van der Waals surface area contributed by atoms with Gasteiger partial charge in [0, 0.05) is 17.1 Å². The molecule has 0 spiro atoms. The molecule has 0 fully saturated rings. The first-order chi connectivity index (χ1) is 15.5. The standard InChI is InChI=1S/C24H25N3O4S/c1-4-20-24(29)27(12-22(28)30-13-15(2)3)19-11-16(8-9-21(19)31-20)18-14-32-23(26-18)17-7-5-6-10-25-17/h5-11,14-15,20H,4,12-13H2,1-3H3. The smallest absolute Gasteiger partial charge is 0.326 e. The number of carbonyl (C=O) groups excluding carboxylic acids is 2. The molecule has 8 heteroatoms. The van der Waals surface area contributed by atoms with Gasteiger partial charge in [0.05, 0.1) is 23.7 Å². The van der Waals surface area contributed by atoms with E-state index in [1.54, 1.807) is 6.20 Å². The van der Waals surface area contributed by atoms with Gasteiger partial charge in [-0.15, -0.1) is 11.3 Å². The number of benzene rings is 1. The fourth-order valence-corrected chi connectivity index (χ4v) is 4.16. The van der Waals surface area contributed by atoms with Gasteiger partial charge in [0.2, 0.25) is 0 Å². The highest BCUT2D eigenvalue weighted by Crippen LogP contribution is 2.39. The molecule has 1 aliphatic rings. The molecule has 0 saturated heterocycles. The maximum atomic E-state index is 13.0. The van der Waals surface area contributed by atoms with Gasteiger partial charge in [0.15, 0.2) is 6.10 Å². The third-order valence-electron chi connectivity index (χ3n) is 4.98. The number of carbonyl (C=O) groups is 2. The van der Waals surface area contributed by atoms with Gasteiger partial charge >= 0.3 is 5.97 Å². The summed E-state index contributed by atoms with van der Waals surface area (Å²) in [5, 5.41) is 2.76. The second-order valence-electron chi connectivity index (χ2n) is 7.95. The Morgan fingerprint density at radius 3 is 2.81 bits per heavy atom. The van der Waals surface area contributed by atoms with Gasteiger partial charge < -0.3 is 9.47 Å². The minimum absolute atomic E-state index is 0.155. The van der Waals surface area contributed by atoms with Crippen molar-refractivity contribution in [3.05, 3.63) is 48.0 Å². The fraction of sp³-hybridized carbons (Fsp3) is 0.333. The first-order valence-electron chi connectivity index (χ1n) is 10.6. The van der Waals surface area contributed by atoms with E-state index in [1.807, 2.05) is 62.5 Å². The van der Waals surface area contributed by atoms with E-state index in [0.29, 0.717) is 24.5 Å². The van der Waals surface area contributed by atoms with E-state index in [0.717, 1.165) is 22.0 Å². The topological polar surface area (TPSA) is 81.6 Å². The Morgan fingerprint density at radius 2 is 2.09 bits per heavy atom. The van der Waals surface area contributed by atoms with Crippen LogP contribution in [0.3, 0.4) is 0 Å². The monoisotopic (exact) mass is 451 g/mol. The summed E-state index contributed by atoms with van der Waals surface area (Å²) < 4.78 is 11.2. The molecule has 7 nitrogen and oxygen atoms in total. The molecule has 166 valence electrons. The van der Waals surface area contributed by atoms with Crippen LogP contribution in [0, 0.1) is 5.92 Å². The van der Waals surface area contributed by atoms with Crippen molar-refractivity contribution < 1.29 is 19.1 Å². The molecule has 0 N–H and O–H groups in total. The second-order valence-corrected chi connectivity index (χ2v) is 8.81. The Hall–Kier alpha value is -3.26. The number of aromatic nitrogens is 2. The molecular formula is C24H25N3O4S. The second kappa shape index (κ2) is 9.48. The van der Waals surface area contributed by atoms with E-state index in [2.05, 4.69) is 4.98 Å². The summed E-state index contributed by atoms with van der Waals surface area (Å²) in [5.41, 5.74) is 2.95. The van der Waals surface area contributed by atoms with Gasteiger partial charge in [-0.1, -0.05) is 26.8 Å². The number of nitrogens with zero attached hydrogens (tertiary/aromatic N) is 3. The number of pyridine rings is 1. The predicted molar refractivity (Wildman–Crippen MR) is 124 cm³/mol. The zero-order valence-electron chi connectivity index (χ0n) is 18.3. The predicted octanol–water partition coefficient (Wildman–Crippen LogP) is 4.58. The van der Waals surface area contributed by atoms with E-state index in [9.17, 15) is 9.59 Å². The number of fused-ring (bicyclic) bond motifs is 1. The van der Waals surface area contributed by atoms with Crippen LogP contribution in [0.4, 0.5) is 5.69 Å². The average molecular weight is 452 g/mol. The van der Waals surface area contributed by atoms with Gasteiger partial charge in [-0.05, 0) is 42.7 Å². The van der Waals surface area contributed by atoms with Crippen molar-refractivity contribution in [1.82, 2.24) is 9.97 Å². The van der Waals surface area contributed by atoms with Crippen molar-refractivity contribution in [2.24, 2.45) is 5.92 Å². The van der Waals surface area contributed by atoms with Crippen molar-refractivity contribution in [3.8, 4) is 27.7 Å². The van der Waals surface area contributed by atoms with Crippen LogP contribution in [0.25, 0.3) is 22.0 Å². The zero-order valence-corrected chi connectivity index (χ0v) is 19.1. The molecule has 4 rings (SSSR count). The number of amides is 1. The van der Waals surface area contributed by atoms with Crippen molar-refractivity contribution in [1.29, 1.82) is 0 Å². The van der Waals surface area contributed by atoms with Crippen LogP contribution in [0.2, 0.25) is 0 Å². The lowest BCUT2D eigenvalue weighted by Crippen LogP contribution is -2.48. The zero-order chi connectivity index (χ0) is 22.7. The number of hydrogen-bond donors (Lipinski definition) is 0. The van der Waals surface area contributed by atoms with Crippen LogP contribution >= 0.6 is 11.3 Å². The van der Waals surface area contributed by atoms with Crippen LogP contribution in [0.15, 0.2) is 48.0 Å². The molecule has 0 bridgehead atoms. The summed E-state index contributed by atoms with van der Waals surface area (Å²) in [6.07, 6.45) is 1.62. The number of hydrogen-bond acceptors (Lipinski definition) is 7. The molecule has 1 unspecified atom stereocenters. The number of anilines is 1. The van der Waals surface area contributed by atoms with Crippen LogP contribution < -0.4 is 9.64 Å². The highest BCUT2D eigenvalue weighted by Gasteiger charge is 2.35. The molecular weight excluding hydrogens is 426 g/mol. The van der Waals surface area contributed by atoms with E-state index in [4.69, 9.17) is 14.5 Å². The first-order valence-corrected chi connectivity index (χ1v) is 11.5. The lowest BCUT2D eigenvalue weighted by molar-refractivity contribution is -0.144. The molecule has 1 amide bonds. The molecule has 0 saturated carbocycles. The number of esters is 1. The third-order valence-corrected chi connectivity index (χ3v) is 5.84. The summed E-state index contributed by atoms with van der Waals surface area (Å²) >= 11 is 1.50. The van der Waals surface area contributed by atoms with Gasteiger partial charge in [0.25, 0.3) is 5.91 Å². The Labute approximate surface area is 191 Å². The fourth-order valence-electron chi connectivity index (χ4n) is 3.35. The Kier molecular flexibility index (Phi) is 6.50. The van der Waals surface area contributed by atoms with Crippen molar-refractivity contribution in [3.63, 3.8) is 0 Å². The van der Waals surface area contributed by atoms with Crippen LogP contribution in [-0.2, 0) is 14.3 Å². The normalized spacial score (nSPS) is 15.4. The molecule has 1 aliphatic heterocycles. The van der Waals surface area contributed by atoms with Crippen LogP contribution in [0.1, 0.15) is 27.2 Å². The molecule has 32 heavy (non-hydrogen) atoms. The van der Waals surface area contributed by atoms with Crippen LogP contribution in [0.5, 0.6) is 5.75 Å². The third kappa shape index (κ3) is 4.65. The molecule has 2 aromatic heterocycles. The van der Waals surface area contributed by atoms with E-state index in [1.165, 1.54) is 16.2 Å². The Bertz CT molecular complexity index is 1110. The molecule has 1 aromatic carbocycles. The number of thiazole rings is 1. The first kappa shape index (κ1) is 22.0. The van der Waals surface area contributed by atoms with Gasteiger partial charge in [-0.2, -0.15) is 0 Å². The van der Waals surface area contributed by atoms with E-state index >= 15 is 0 Å². The maximum Gasteiger partial charge on any atom is 0.326 e. The minimum Gasteiger partial charge on any atom is -0.478 e. The molecule has 0 aliphatic carbocycles. The highest BCUT2D eigenvalue weighted by atomic mass is 32.1. The SMILES string of the molecule is CCC1Oc2ccc(-c3csc(-c4ccccn4)n3)cc2N(CC(=O)OCC(C)C)C1=O. The van der Waals surface area contributed by atoms with E-state index < -0.39 is 12.1 Å². The average Bonchev–Trinajstić information content (AvgIpc) is 3.30. The van der Waals surface area contributed by atoms with Crippen molar-refractivity contribution in [2.45, 2.75) is 33.3 Å². The van der Waals surface area contributed by atoms with Crippen molar-refractivity contribution >= 4 is 28.9 Å². The van der Waals surface area contributed by atoms with Crippen LogP contribution in [-0.4, -0.2) is 41.1 Å². The number of ether oxygens (including phenoxy) is 2. The van der Waals surface area contributed by atoms with Crippen molar-refractivity contribution in [2.75, 3.05) is 18.1 Å². The molecule has 0 radical (unpaired) electrons. The molecule has 3 aromatic rings. The highest BCUT2D eigenvalue weighted by molar-refractivity contribution is 7.13. The van der Waals surface area contributed by atoms with Gasteiger partial charge in [-0.25, -0.2) is 4.98 Å². The number of rotatable bonds is 7. The lowest BCUT2D eigenvalue weighted by Gasteiger charge is -2.33. The summed E-state index contributed by atoms with van der Waals surface area (Å²) in [5.74, 6) is 0.106. The Balaban J connectivity index is 1.64. The quantitative estimate of drug-likeness (QED) is 0.489. The summed E-state index contributed by atoms with van der Waals surface area (Å²) in [4.78, 5) is 35.9. The van der Waals surface area contributed by atoms with Gasteiger partial charge in [-0.3, -0.25) is 19.5 Å². The summed E-state index contributed by atoms with van der Waals surface area (Å²) in [6.45, 7) is 5.98. The largest absolute Gasteiger partial charge is 0.478 e. The summed E-state index contributed by atoms with van der Waals surface area (Å²) in [6, 6.07) is 11.3. The summed E-state index contributed by atoms with van der Waals surface area (Å²) in [7, 11) is 0. The van der Waals surface area contributed by atoms with Gasteiger partial charge in [0.1, 0.15) is 17.3 Å². The molecule has 3 heterocycles. The molecule has 1 atom stereocenters. The lowest BCUT2D eigenvalue weighted by atomic mass is 10.1.